The number of benzene rings is 2. The SMILES string of the molecule is CCc1c(NC(=O)c2ccc(CCl)cc2)cccc1Nc1nccc(-c2cccnc2)n1. The first-order valence-electron chi connectivity index (χ1n) is 10.3. The van der Waals surface area contributed by atoms with Gasteiger partial charge in [-0.3, -0.25) is 9.78 Å². The van der Waals surface area contributed by atoms with Crippen LogP contribution >= 0.6 is 11.6 Å². The Bertz CT molecular complexity index is 1210. The van der Waals surface area contributed by atoms with Crippen LogP contribution in [0.5, 0.6) is 0 Å². The molecule has 32 heavy (non-hydrogen) atoms. The van der Waals surface area contributed by atoms with Crippen LogP contribution < -0.4 is 10.6 Å². The van der Waals surface area contributed by atoms with Gasteiger partial charge in [0.1, 0.15) is 0 Å². The molecule has 0 fully saturated rings. The monoisotopic (exact) mass is 443 g/mol. The van der Waals surface area contributed by atoms with Crippen molar-refractivity contribution in [2.75, 3.05) is 10.6 Å². The Kier molecular flexibility index (Phi) is 6.72. The summed E-state index contributed by atoms with van der Waals surface area (Å²) in [4.78, 5) is 25.9. The number of halogens is 1. The minimum absolute atomic E-state index is 0.173. The van der Waals surface area contributed by atoms with Crippen molar-refractivity contribution in [2.45, 2.75) is 19.2 Å². The minimum Gasteiger partial charge on any atom is -0.324 e. The lowest BCUT2D eigenvalue weighted by molar-refractivity contribution is 0.102. The molecule has 0 aliphatic heterocycles. The second-order valence-corrected chi connectivity index (χ2v) is 7.37. The summed E-state index contributed by atoms with van der Waals surface area (Å²) >= 11 is 5.84. The quantitative estimate of drug-likeness (QED) is 0.351. The average molecular weight is 444 g/mol. The zero-order chi connectivity index (χ0) is 22.3. The molecule has 7 heteroatoms. The first kappa shape index (κ1) is 21.5. The number of nitrogens with one attached hydrogen (secondary N) is 2. The van der Waals surface area contributed by atoms with Crippen molar-refractivity contribution >= 4 is 34.8 Å². The molecular weight excluding hydrogens is 422 g/mol. The van der Waals surface area contributed by atoms with Crippen LogP contribution in [-0.2, 0) is 12.3 Å². The molecule has 1 amide bonds. The van der Waals surface area contributed by atoms with Crippen LogP contribution in [0, 0.1) is 0 Å². The van der Waals surface area contributed by atoms with Gasteiger partial charge in [0.05, 0.1) is 5.69 Å². The van der Waals surface area contributed by atoms with Gasteiger partial charge in [0.2, 0.25) is 5.95 Å². The molecule has 0 bridgehead atoms. The van der Waals surface area contributed by atoms with E-state index >= 15 is 0 Å². The Morgan fingerprint density at radius 2 is 1.78 bits per heavy atom. The summed E-state index contributed by atoms with van der Waals surface area (Å²) in [6, 6.07) is 18.7. The smallest absolute Gasteiger partial charge is 0.255 e. The molecule has 0 aliphatic carbocycles. The number of nitrogens with zero attached hydrogens (tertiary/aromatic N) is 3. The molecule has 0 aliphatic rings. The number of rotatable bonds is 7. The summed E-state index contributed by atoms with van der Waals surface area (Å²) in [6.45, 7) is 2.04. The van der Waals surface area contributed by atoms with Crippen LogP contribution in [0.2, 0.25) is 0 Å². The minimum atomic E-state index is -0.173. The number of hydrogen-bond acceptors (Lipinski definition) is 5. The fourth-order valence-electron chi connectivity index (χ4n) is 3.36. The van der Waals surface area contributed by atoms with Gasteiger partial charge in [-0.05, 0) is 60.0 Å². The molecule has 6 nitrogen and oxygen atoms in total. The van der Waals surface area contributed by atoms with Crippen LogP contribution in [-0.4, -0.2) is 20.9 Å². The van der Waals surface area contributed by atoms with Gasteiger partial charge in [0.15, 0.2) is 0 Å². The molecule has 0 unspecified atom stereocenters. The summed E-state index contributed by atoms with van der Waals surface area (Å²) in [7, 11) is 0. The number of alkyl halides is 1. The zero-order valence-electron chi connectivity index (χ0n) is 17.5. The molecule has 2 aromatic carbocycles. The van der Waals surface area contributed by atoms with Gasteiger partial charge in [-0.1, -0.05) is 25.1 Å². The highest BCUT2D eigenvalue weighted by molar-refractivity contribution is 6.17. The molecule has 160 valence electrons. The van der Waals surface area contributed by atoms with Gasteiger partial charge >= 0.3 is 0 Å². The van der Waals surface area contributed by atoms with Gasteiger partial charge < -0.3 is 10.6 Å². The third kappa shape index (κ3) is 4.92. The van der Waals surface area contributed by atoms with Crippen molar-refractivity contribution in [3.05, 3.63) is 95.9 Å². The van der Waals surface area contributed by atoms with E-state index < -0.39 is 0 Å². The van der Waals surface area contributed by atoms with Crippen molar-refractivity contribution in [1.82, 2.24) is 15.0 Å². The maximum Gasteiger partial charge on any atom is 0.255 e. The summed E-state index contributed by atoms with van der Waals surface area (Å²) in [5.74, 6) is 0.716. The third-order valence-electron chi connectivity index (χ3n) is 5.01. The summed E-state index contributed by atoms with van der Waals surface area (Å²) in [6.07, 6.45) is 5.91. The number of carbonyl (C=O) groups excluding carboxylic acids is 1. The topological polar surface area (TPSA) is 79.8 Å². The third-order valence-corrected chi connectivity index (χ3v) is 5.32. The van der Waals surface area contributed by atoms with Gasteiger partial charge in [0, 0.05) is 47.0 Å². The molecule has 2 heterocycles. The predicted octanol–water partition coefficient (Wildman–Crippen LogP) is 5.84. The standard InChI is InChI=1S/C25H22ClN5O/c1-2-20-22(29-24(32)18-10-8-17(15-26)9-11-18)6-3-7-23(20)31-25-28-14-12-21(30-25)19-5-4-13-27-16-19/h3-14,16H,2,15H2,1H3,(H,29,32)(H,28,30,31). The molecule has 4 rings (SSSR count). The predicted molar refractivity (Wildman–Crippen MR) is 128 cm³/mol. The fourth-order valence-corrected chi connectivity index (χ4v) is 3.53. The second-order valence-electron chi connectivity index (χ2n) is 7.10. The van der Waals surface area contributed by atoms with Crippen LogP contribution in [0.15, 0.2) is 79.3 Å². The lowest BCUT2D eigenvalue weighted by Crippen LogP contribution is -2.14. The number of hydrogen-bond donors (Lipinski definition) is 2. The summed E-state index contributed by atoms with van der Waals surface area (Å²) in [5, 5.41) is 6.31. The Morgan fingerprint density at radius 3 is 2.50 bits per heavy atom. The van der Waals surface area contributed by atoms with Crippen LogP contribution in [0.3, 0.4) is 0 Å². The van der Waals surface area contributed by atoms with Gasteiger partial charge in [-0.2, -0.15) is 0 Å². The van der Waals surface area contributed by atoms with Crippen LogP contribution in [0.4, 0.5) is 17.3 Å². The molecule has 0 radical (unpaired) electrons. The normalized spacial score (nSPS) is 10.6. The number of amides is 1. The lowest BCUT2D eigenvalue weighted by atomic mass is 10.1. The Labute approximate surface area is 191 Å². The van der Waals surface area contributed by atoms with E-state index in [1.165, 1.54) is 0 Å². The van der Waals surface area contributed by atoms with E-state index in [9.17, 15) is 4.79 Å². The Morgan fingerprint density at radius 1 is 0.969 bits per heavy atom. The number of pyridine rings is 1. The van der Waals surface area contributed by atoms with Crippen molar-refractivity contribution in [1.29, 1.82) is 0 Å². The van der Waals surface area contributed by atoms with E-state index in [4.69, 9.17) is 11.6 Å². The summed E-state index contributed by atoms with van der Waals surface area (Å²) in [5.41, 5.74) is 5.78. The molecule has 4 aromatic rings. The van der Waals surface area contributed by atoms with Gasteiger partial charge in [-0.25, -0.2) is 9.97 Å². The molecule has 0 saturated heterocycles. The zero-order valence-corrected chi connectivity index (χ0v) is 18.3. The Hall–Kier alpha value is -3.77. The number of anilines is 3. The van der Waals surface area contributed by atoms with Crippen LogP contribution in [0.1, 0.15) is 28.4 Å². The molecule has 0 saturated carbocycles. The highest BCUT2D eigenvalue weighted by Gasteiger charge is 2.13. The maximum absolute atomic E-state index is 12.8. The van der Waals surface area contributed by atoms with Crippen molar-refractivity contribution < 1.29 is 4.79 Å². The molecule has 2 aromatic heterocycles. The van der Waals surface area contributed by atoms with Gasteiger partial charge in [0.25, 0.3) is 5.91 Å². The van der Waals surface area contributed by atoms with Crippen molar-refractivity contribution in [3.8, 4) is 11.3 Å². The first-order valence-corrected chi connectivity index (χ1v) is 10.8. The summed E-state index contributed by atoms with van der Waals surface area (Å²) < 4.78 is 0. The van der Waals surface area contributed by atoms with E-state index in [1.807, 2.05) is 55.5 Å². The van der Waals surface area contributed by atoms with Crippen LogP contribution in [0.25, 0.3) is 11.3 Å². The van der Waals surface area contributed by atoms with E-state index in [2.05, 4.69) is 25.6 Å². The van der Waals surface area contributed by atoms with Gasteiger partial charge in [-0.15, -0.1) is 11.6 Å². The first-order chi connectivity index (χ1) is 15.7. The number of carbonyl (C=O) groups is 1. The van der Waals surface area contributed by atoms with E-state index in [0.717, 1.165) is 33.8 Å². The Balaban J connectivity index is 1.57. The molecular formula is C25H22ClN5O. The highest BCUT2D eigenvalue weighted by Crippen LogP contribution is 2.28. The lowest BCUT2D eigenvalue weighted by Gasteiger charge is -2.15. The molecule has 2 N–H and O–H groups in total. The van der Waals surface area contributed by atoms with E-state index in [-0.39, 0.29) is 5.91 Å². The second kappa shape index (κ2) is 10.0. The average Bonchev–Trinajstić information content (AvgIpc) is 2.85. The van der Waals surface area contributed by atoms with E-state index in [0.29, 0.717) is 23.8 Å². The maximum atomic E-state index is 12.8. The van der Waals surface area contributed by atoms with E-state index in [1.54, 1.807) is 30.7 Å². The van der Waals surface area contributed by atoms with Crippen molar-refractivity contribution in [2.24, 2.45) is 0 Å². The van der Waals surface area contributed by atoms with Crippen molar-refractivity contribution in [3.63, 3.8) is 0 Å². The highest BCUT2D eigenvalue weighted by atomic mass is 35.5. The molecule has 0 spiro atoms. The number of aromatic nitrogens is 3. The molecule has 0 atom stereocenters. The largest absolute Gasteiger partial charge is 0.324 e. The fraction of sp³-hybridized carbons (Fsp3) is 0.120.